The second kappa shape index (κ2) is 6.81. The predicted octanol–water partition coefficient (Wildman–Crippen LogP) is 3.01. The van der Waals surface area contributed by atoms with Gasteiger partial charge in [0.05, 0.1) is 0 Å². The van der Waals surface area contributed by atoms with Crippen LogP contribution >= 0.6 is 0 Å². The summed E-state index contributed by atoms with van der Waals surface area (Å²) in [5.74, 6) is 0.323. The van der Waals surface area contributed by atoms with Crippen molar-refractivity contribution in [1.29, 1.82) is 0 Å². The largest absolute Gasteiger partial charge is 0.299 e. The molecule has 0 aromatic heterocycles. The zero-order chi connectivity index (χ0) is 10.3. The number of rotatable bonds is 6. The van der Waals surface area contributed by atoms with Gasteiger partial charge >= 0.3 is 0 Å². The molecule has 0 heterocycles. The minimum absolute atomic E-state index is 0.310. The maximum absolute atomic E-state index is 11.3. The molecular weight excluding hydrogens is 162 g/mol. The predicted molar refractivity (Wildman–Crippen MR) is 57.4 cm³/mol. The number of hydrogen-bond donors (Lipinski definition) is 0. The smallest absolute Gasteiger partial charge is 0.138 e. The van der Waals surface area contributed by atoms with Gasteiger partial charge < -0.3 is 0 Å². The SMILES string of the molecule is CCCC(=O)CC(CC)=NC(C)C. The number of ketones is 1. The van der Waals surface area contributed by atoms with E-state index in [0.717, 1.165) is 18.6 Å². The standard InChI is InChI=1S/C11H21NO/c1-5-7-11(13)8-10(6-2)12-9(3)4/h9H,5-8H2,1-4H3. The molecule has 0 atom stereocenters. The van der Waals surface area contributed by atoms with Crippen LogP contribution in [-0.2, 0) is 4.79 Å². The quantitative estimate of drug-likeness (QED) is 0.582. The van der Waals surface area contributed by atoms with Crippen molar-refractivity contribution in [3.8, 4) is 0 Å². The van der Waals surface area contributed by atoms with Crippen LogP contribution in [0.2, 0.25) is 0 Å². The highest BCUT2D eigenvalue weighted by atomic mass is 16.1. The lowest BCUT2D eigenvalue weighted by Crippen LogP contribution is -2.09. The van der Waals surface area contributed by atoms with Gasteiger partial charge in [-0.05, 0) is 26.7 Å². The van der Waals surface area contributed by atoms with Crippen LogP contribution in [0, 0.1) is 0 Å². The van der Waals surface area contributed by atoms with Crippen molar-refractivity contribution < 1.29 is 4.79 Å². The normalized spacial score (nSPS) is 12.2. The minimum atomic E-state index is 0.310. The van der Waals surface area contributed by atoms with Gasteiger partial charge in [-0.15, -0.1) is 0 Å². The Morgan fingerprint density at radius 2 is 1.92 bits per heavy atom. The number of nitrogens with zero attached hydrogens (tertiary/aromatic N) is 1. The van der Waals surface area contributed by atoms with Gasteiger partial charge in [0, 0.05) is 24.6 Å². The van der Waals surface area contributed by atoms with E-state index in [1.54, 1.807) is 0 Å². The van der Waals surface area contributed by atoms with E-state index >= 15 is 0 Å². The number of Topliss-reactive ketones (excluding diaryl/α,β-unsaturated/α-hetero) is 1. The van der Waals surface area contributed by atoms with Crippen LogP contribution in [0.1, 0.15) is 53.4 Å². The van der Waals surface area contributed by atoms with Crippen LogP contribution in [0.15, 0.2) is 4.99 Å². The molecule has 0 aliphatic heterocycles. The highest BCUT2D eigenvalue weighted by Gasteiger charge is 2.05. The Morgan fingerprint density at radius 1 is 1.31 bits per heavy atom. The topological polar surface area (TPSA) is 29.4 Å². The second-order valence-electron chi connectivity index (χ2n) is 3.61. The van der Waals surface area contributed by atoms with E-state index in [1.807, 2.05) is 20.8 Å². The number of aliphatic imine (C=N–C) groups is 1. The lowest BCUT2D eigenvalue weighted by Gasteiger charge is -2.04. The third-order valence-electron chi connectivity index (χ3n) is 1.78. The first-order valence-corrected chi connectivity index (χ1v) is 5.17. The summed E-state index contributed by atoms with van der Waals surface area (Å²) in [4.78, 5) is 15.7. The van der Waals surface area contributed by atoms with E-state index in [1.165, 1.54) is 0 Å². The maximum atomic E-state index is 11.3. The number of carbonyl (C=O) groups is 1. The van der Waals surface area contributed by atoms with Crippen LogP contribution in [0.4, 0.5) is 0 Å². The van der Waals surface area contributed by atoms with E-state index in [2.05, 4.69) is 11.9 Å². The molecule has 0 N–H and O–H groups in total. The summed E-state index contributed by atoms with van der Waals surface area (Å²) in [5.41, 5.74) is 1.05. The van der Waals surface area contributed by atoms with Crippen molar-refractivity contribution in [2.75, 3.05) is 0 Å². The first kappa shape index (κ1) is 12.3. The molecule has 0 aliphatic rings. The molecule has 0 aliphatic carbocycles. The third-order valence-corrected chi connectivity index (χ3v) is 1.78. The molecular formula is C11H21NO. The Labute approximate surface area is 81.4 Å². The minimum Gasteiger partial charge on any atom is -0.299 e. The lowest BCUT2D eigenvalue weighted by atomic mass is 10.1. The molecule has 0 aromatic rings. The zero-order valence-electron chi connectivity index (χ0n) is 9.26. The molecule has 0 saturated heterocycles. The fourth-order valence-corrected chi connectivity index (χ4v) is 1.22. The first-order valence-electron chi connectivity index (χ1n) is 5.17. The van der Waals surface area contributed by atoms with E-state index in [0.29, 0.717) is 24.7 Å². The summed E-state index contributed by atoms with van der Waals surface area (Å²) in [6.07, 6.45) is 3.09. The average molecular weight is 183 g/mol. The fraction of sp³-hybridized carbons (Fsp3) is 0.818. The maximum Gasteiger partial charge on any atom is 0.138 e. The summed E-state index contributed by atoms with van der Waals surface area (Å²) in [7, 11) is 0. The molecule has 0 saturated carbocycles. The Kier molecular flexibility index (Phi) is 6.47. The Morgan fingerprint density at radius 3 is 2.31 bits per heavy atom. The van der Waals surface area contributed by atoms with Crippen molar-refractivity contribution >= 4 is 11.5 Å². The summed E-state index contributed by atoms with van der Waals surface area (Å²) in [6, 6.07) is 0.310. The van der Waals surface area contributed by atoms with Crippen LogP contribution in [-0.4, -0.2) is 17.5 Å². The molecule has 0 unspecified atom stereocenters. The van der Waals surface area contributed by atoms with Crippen molar-refractivity contribution in [3.05, 3.63) is 0 Å². The summed E-state index contributed by atoms with van der Waals surface area (Å²) in [6.45, 7) is 8.17. The lowest BCUT2D eigenvalue weighted by molar-refractivity contribution is -0.117. The van der Waals surface area contributed by atoms with Crippen LogP contribution < -0.4 is 0 Å². The van der Waals surface area contributed by atoms with Gasteiger partial charge in [0.25, 0.3) is 0 Å². The van der Waals surface area contributed by atoms with Crippen molar-refractivity contribution in [2.24, 2.45) is 4.99 Å². The van der Waals surface area contributed by atoms with E-state index < -0.39 is 0 Å². The van der Waals surface area contributed by atoms with Gasteiger partial charge in [0.2, 0.25) is 0 Å². The fourth-order valence-electron chi connectivity index (χ4n) is 1.22. The van der Waals surface area contributed by atoms with Crippen LogP contribution in [0.5, 0.6) is 0 Å². The Bertz CT molecular complexity index is 183. The van der Waals surface area contributed by atoms with Crippen LogP contribution in [0.3, 0.4) is 0 Å². The van der Waals surface area contributed by atoms with E-state index in [-0.39, 0.29) is 0 Å². The molecule has 2 nitrogen and oxygen atoms in total. The molecule has 2 heteroatoms. The molecule has 76 valence electrons. The highest BCUT2D eigenvalue weighted by molar-refractivity contribution is 6.01. The van der Waals surface area contributed by atoms with E-state index in [9.17, 15) is 4.79 Å². The number of carbonyl (C=O) groups excluding carboxylic acids is 1. The van der Waals surface area contributed by atoms with Gasteiger partial charge in [0.1, 0.15) is 5.78 Å². The highest BCUT2D eigenvalue weighted by Crippen LogP contribution is 2.02. The Hall–Kier alpha value is -0.660. The average Bonchev–Trinajstić information content (AvgIpc) is 2.02. The van der Waals surface area contributed by atoms with Crippen molar-refractivity contribution in [3.63, 3.8) is 0 Å². The summed E-state index contributed by atoms with van der Waals surface area (Å²) in [5, 5.41) is 0. The third kappa shape index (κ3) is 6.50. The molecule has 0 fully saturated rings. The van der Waals surface area contributed by atoms with Gasteiger partial charge in [-0.25, -0.2) is 0 Å². The van der Waals surface area contributed by atoms with E-state index in [4.69, 9.17) is 0 Å². The first-order chi connectivity index (χ1) is 6.10. The van der Waals surface area contributed by atoms with Gasteiger partial charge in [-0.1, -0.05) is 13.8 Å². The van der Waals surface area contributed by atoms with Crippen molar-refractivity contribution in [2.45, 2.75) is 59.4 Å². The molecule has 0 rings (SSSR count). The molecule has 0 aromatic carbocycles. The van der Waals surface area contributed by atoms with Crippen LogP contribution in [0.25, 0.3) is 0 Å². The molecule has 0 amide bonds. The summed E-state index contributed by atoms with van der Waals surface area (Å²) >= 11 is 0. The molecule has 0 bridgehead atoms. The van der Waals surface area contributed by atoms with Gasteiger partial charge in [-0.2, -0.15) is 0 Å². The van der Waals surface area contributed by atoms with Gasteiger partial charge in [-0.3, -0.25) is 9.79 Å². The molecule has 0 radical (unpaired) electrons. The molecule has 0 spiro atoms. The number of hydrogen-bond acceptors (Lipinski definition) is 2. The molecule has 13 heavy (non-hydrogen) atoms. The zero-order valence-corrected chi connectivity index (χ0v) is 9.26. The van der Waals surface area contributed by atoms with Crippen molar-refractivity contribution in [1.82, 2.24) is 0 Å². The monoisotopic (exact) mass is 183 g/mol. The summed E-state index contributed by atoms with van der Waals surface area (Å²) < 4.78 is 0. The Balaban J connectivity index is 4.05. The van der Waals surface area contributed by atoms with Gasteiger partial charge in [0.15, 0.2) is 0 Å². The second-order valence-corrected chi connectivity index (χ2v) is 3.61.